The fourth-order valence-corrected chi connectivity index (χ4v) is 3.25. The SMILES string of the molecule is Clc1ccc(Nc2nncc(N3CCCc4ccccc43)n2)cc1Cl. The smallest absolute Gasteiger partial charge is 0.249 e. The molecule has 0 atom stereocenters. The van der Waals surface area contributed by atoms with Gasteiger partial charge in [0, 0.05) is 17.9 Å². The maximum atomic E-state index is 6.05. The first kappa shape index (κ1) is 16.1. The predicted molar refractivity (Wildman–Crippen MR) is 101 cm³/mol. The number of anilines is 4. The first-order valence-electron chi connectivity index (χ1n) is 7.98. The minimum Gasteiger partial charge on any atom is -0.325 e. The van der Waals surface area contributed by atoms with Gasteiger partial charge >= 0.3 is 0 Å². The van der Waals surface area contributed by atoms with Crippen molar-refractivity contribution in [1.82, 2.24) is 15.2 Å². The highest BCUT2D eigenvalue weighted by Gasteiger charge is 2.19. The highest BCUT2D eigenvalue weighted by molar-refractivity contribution is 6.42. The van der Waals surface area contributed by atoms with Crippen molar-refractivity contribution in [2.45, 2.75) is 12.8 Å². The Morgan fingerprint density at radius 3 is 2.80 bits per heavy atom. The Morgan fingerprint density at radius 2 is 1.92 bits per heavy atom. The van der Waals surface area contributed by atoms with E-state index in [0.29, 0.717) is 16.0 Å². The summed E-state index contributed by atoms with van der Waals surface area (Å²) < 4.78 is 0. The average Bonchev–Trinajstić information content (AvgIpc) is 2.64. The van der Waals surface area contributed by atoms with Gasteiger partial charge in [0.25, 0.3) is 0 Å². The van der Waals surface area contributed by atoms with E-state index in [-0.39, 0.29) is 0 Å². The first-order valence-corrected chi connectivity index (χ1v) is 8.73. The summed E-state index contributed by atoms with van der Waals surface area (Å²) in [5.74, 6) is 1.18. The number of hydrogen-bond acceptors (Lipinski definition) is 5. The van der Waals surface area contributed by atoms with E-state index in [2.05, 4.69) is 43.6 Å². The normalized spacial score (nSPS) is 13.4. The zero-order valence-corrected chi connectivity index (χ0v) is 14.8. The number of benzene rings is 2. The van der Waals surface area contributed by atoms with Gasteiger partial charge in [-0.25, -0.2) is 0 Å². The Labute approximate surface area is 155 Å². The third-order valence-electron chi connectivity index (χ3n) is 4.11. The largest absolute Gasteiger partial charge is 0.325 e. The fraction of sp³-hybridized carbons (Fsp3) is 0.167. The van der Waals surface area contributed by atoms with Crippen LogP contribution in [-0.4, -0.2) is 21.7 Å². The molecule has 0 spiro atoms. The van der Waals surface area contributed by atoms with Crippen molar-refractivity contribution < 1.29 is 0 Å². The zero-order valence-electron chi connectivity index (χ0n) is 13.3. The van der Waals surface area contributed by atoms with Crippen molar-refractivity contribution in [3.8, 4) is 0 Å². The molecule has 0 radical (unpaired) electrons. The summed E-state index contributed by atoms with van der Waals surface area (Å²) in [5, 5.41) is 12.3. The number of hydrogen-bond donors (Lipinski definition) is 1. The maximum Gasteiger partial charge on any atom is 0.249 e. The van der Waals surface area contributed by atoms with E-state index in [1.807, 2.05) is 12.1 Å². The van der Waals surface area contributed by atoms with Gasteiger partial charge in [-0.15, -0.1) is 5.10 Å². The number of aryl methyl sites for hydroxylation is 1. The van der Waals surface area contributed by atoms with Crippen LogP contribution >= 0.6 is 23.2 Å². The molecule has 0 bridgehead atoms. The fourth-order valence-electron chi connectivity index (χ4n) is 2.95. The third-order valence-corrected chi connectivity index (χ3v) is 4.85. The van der Waals surface area contributed by atoms with Gasteiger partial charge in [-0.2, -0.15) is 10.1 Å². The molecule has 2 heterocycles. The molecular formula is C18H15Cl2N5. The lowest BCUT2D eigenvalue weighted by Gasteiger charge is -2.30. The number of nitrogens with one attached hydrogen (secondary N) is 1. The minimum atomic E-state index is 0.416. The van der Waals surface area contributed by atoms with E-state index in [9.17, 15) is 0 Å². The Morgan fingerprint density at radius 1 is 1.04 bits per heavy atom. The predicted octanol–water partition coefficient (Wildman–Crippen LogP) is 5.01. The van der Waals surface area contributed by atoms with Crippen molar-refractivity contribution in [3.63, 3.8) is 0 Å². The van der Waals surface area contributed by atoms with Gasteiger partial charge in [0.05, 0.1) is 16.2 Å². The molecule has 3 aromatic rings. The van der Waals surface area contributed by atoms with Crippen molar-refractivity contribution in [2.24, 2.45) is 0 Å². The monoisotopic (exact) mass is 371 g/mol. The van der Waals surface area contributed by atoms with Crippen LogP contribution in [-0.2, 0) is 6.42 Å². The molecule has 0 fully saturated rings. The summed E-state index contributed by atoms with van der Waals surface area (Å²) in [4.78, 5) is 6.78. The molecule has 1 aliphatic heterocycles. The Kier molecular flexibility index (Phi) is 4.42. The molecule has 7 heteroatoms. The lowest BCUT2D eigenvalue weighted by atomic mass is 10.0. The molecule has 0 amide bonds. The Balaban J connectivity index is 1.63. The number of halogens is 2. The number of rotatable bonds is 3. The average molecular weight is 372 g/mol. The van der Waals surface area contributed by atoms with Gasteiger partial charge in [-0.1, -0.05) is 41.4 Å². The minimum absolute atomic E-state index is 0.416. The maximum absolute atomic E-state index is 6.05. The number of fused-ring (bicyclic) bond motifs is 1. The summed E-state index contributed by atoms with van der Waals surface area (Å²) in [7, 11) is 0. The summed E-state index contributed by atoms with van der Waals surface area (Å²) >= 11 is 12.0. The second-order valence-corrected chi connectivity index (χ2v) is 6.59. The summed E-state index contributed by atoms with van der Waals surface area (Å²) in [5.41, 5.74) is 3.26. The van der Waals surface area contributed by atoms with E-state index in [0.717, 1.165) is 30.9 Å². The number of para-hydroxylation sites is 1. The van der Waals surface area contributed by atoms with E-state index in [4.69, 9.17) is 23.2 Å². The Hall–Kier alpha value is -2.37. The molecule has 1 N–H and O–H groups in total. The van der Waals surface area contributed by atoms with Crippen LogP contribution in [0.5, 0.6) is 0 Å². The Bertz CT molecular complexity index is 915. The van der Waals surface area contributed by atoms with Crippen molar-refractivity contribution in [2.75, 3.05) is 16.8 Å². The third kappa shape index (κ3) is 3.38. The molecular weight excluding hydrogens is 357 g/mol. The highest BCUT2D eigenvalue weighted by atomic mass is 35.5. The molecule has 126 valence electrons. The van der Waals surface area contributed by atoms with Crippen LogP contribution in [0.4, 0.5) is 23.1 Å². The van der Waals surface area contributed by atoms with Gasteiger partial charge in [0.15, 0.2) is 5.82 Å². The van der Waals surface area contributed by atoms with Crippen molar-refractivity contribution in [3.05, 3.63) is 64.3 Å². The molecule has 0 saturated heterocycles. The summed E-state index contributed by atoms with van der Waals surface area (Å²) in [6, 6.07) is 13.7. The molecule has 0 unspecified atom stereocenters. The van der Waals surface area contributed by atoms with Crippen molar-refractivity contribution >= 4 is 46.3 Å². The van der Waals surface area contributed by atoms with Crippen molar-refractivity contribution in [1.29, 1.82) is 0 Å². The van der Waals surface area contributed by atoms with E-state index < -0.39 is 0 Å². The van der Waals surface area contributed by atoms with E-state index in [1.165, 1.54) is 11.3 Å². The van der Waals surface area contributed by atoms with Gasteiger partial charge < -0.3 is 10.2 Å². The quantitative estimate of drug-likeness (QED) is 0.701. The van der Waals surface area contributed by atoms with Gasteiger partial charge in [-0.3, -0.25) is 0 Å². The number of nitrogens with zero attached hydrogens (tertiary/aromatic N) is 4. The van der Waals surface area contributed by atoms with E-state index in [1.54, 1.807) is 18.3 Å². The standard InChI is InChI=1S/C18H15Cl2N5/c19-14-8-7-13(10-15(14)20)22-18-23-17(11-21-24-18)25-9-3-5-12-4-1-2-6-16(12)25/h1-2,4,6-8,10-11H,3,5,9H2,(H,22,23,24). The molecule has 0 saturated carbocycles. The molecule has 5 nitrogen and oxygen atoms in total. The second kappa shape index (κ2) is 6.86. The van der Waals surface area contributed by atoms with Gasteiger partial charge in [0.2, 0.25) is 5.95 Å². The highest BCUT2D eigenvalue weighted by Crippen LogP contribution is 2.32. The number of aromatic nitrogens is 3. The summed E-state index contributed by atoms with van der Waals surface area (Å²) in [6.45, 7) is 0.905. The lowest BCUT2D eigenvalue weighted by Crippen LogP contribution is -2.25. The van der Waals surface area contributed by atoms with Gasteiger partial charge in [0.1, 0.15) is 0 Å². The molecule has 2 aromatic carbocycles. The molecule has 4 rings (SSSR count). The molecule has 1 aliphatic rings. The topological polar surface area (TPSA) is 53.9 Å². The van der Waals surface area contributed by atoms with Gasteiger partial charge in [-0.05, 0) is 42.7 Å². The van der Waals surface area contributed by atoms with Crippen LogP contribution in [0.25, 0.3) is 0 Å². The van der Waals surface area contributed by atoms with Crippen LogP contribution in [0, 0.1) is 0 Å². The zero-order chi connectivity index (χ0) is 17.2. The molecule has 25 heavy (non-hydrogen) atoms. The lowest BCUT2D eigenvalue weighted by molar-refractivity contribution is 0.754. The second-order valence-electron chi connectivity index (χ2n) is 5.78. The first-order chi connectivity index (χ1) is 12.2. The van der Waals surface area contributed by atoms with Crippen LogP contribution in [0.3, 0.4) is 0 Å². The van der Waals surface area contributed by atoms with E-state index >= 15 is 0 Å². The molecule has 0 aliphatic carbocycles. The molecule has 1 aromatic heterocycles. The summed E-state index contributed by atoms with van der Waals surface area (Å²) in [6.07, 6.45) is 3.85. The van der Waals surface area contributed by atoms with Crippen LogP contribution < -0.4 is 10.2 Å². The van der Waals surface area contributed by atoms with Crippen LogP contribution in [0.1, 0.15) is 12.0 Å². The van der Waals surface area contributed by atoms with Crippen LogP contribution in [0.15, 0.2) is 48.7 Å². The van der Waals surface area contributed by atoms with Crippen LogP contribution in [0.2, 0.25) is 10.0 Å².